The molecule has 1 amide bonds. The molecule has 0 atom stereocenters. The van der Waals surface area contributed by atoms with Gasteiger partial charge in [0.25, 0.3) is 0 Å². The molecule has 1 aromatic rings. The Balaban J connectivity index is 2.25. The summed E-state index contributed by atoms with van der Waals surface area (Å²) in [6, 6.07) is 6.09. The van der Waals surface area contributed by atoms with E-state index in [0.29, 0.717) is 6.42 Å². The monoisotopic (exact) mass is 176 g/mol. The van der Waals surface area contributed by atoms with Crippen LogP contribution >= 0.6 is 0 Å². The number of benzene rings is 1. The number of primary amides is 1. The third-order valence-corrected chi connectivity index (χ3v) is 2.28. The molecule has 0 fully saturated rings. The minimum Gasteiger partial charge on any atom is -0.369 e. The van der Waals surface area contributed by atoms with Crippen LogP contribution in [0.1, 0.15) is 16.7 Å². The molecular formula is C10H12N2O. The molecule has 68 valence electrons. The molecule has 3 N–H and O–H groups in total. The smallest absolute Gasteiger partial charge is 0.221 e. The van der Waals surface area contributed by atoms with Gasteiger partial charge < -0.3 is 11.1 Å². The van der Waals surface area contributed by atoms with E-state index >= 15 is 0 Å². The first-order valence-corrected chi connectivity index (χ1v) is 4.35. The van der Waals surface area contributed by atoms with Crippen molar-refractivity contribution in [3.63, 3.8) is 0 Å². The van der Waals surface area contributed by atoms with Crippen molar-refractivity contribution in [3.8, 4) is 0 Å². The molecule has 1 aliphatic rings. The second kappa shape index (κ2) is 3.18. The van der Waals surface area contributed by atoms with Gasteiger partial charge in [-0.3, -0.25) is 4.79 Å². The van der Waals surface area contributed by atoms with Gasteiger partial charge >= 0.3 is 0 Å². The van der Waals surface area contributed by atoms with Crippen molar-refractivity contribution in [1.29, 1.82) is 0 Å². The molecule has 0 aliphatic carbocycles. The Morgan fingerprint density at radius 1 is 1.38 bits per heavy atom. The van der Waals surface area contributed by atoms with Gasteiger partial charge in [0.05, 0.1) is 6.42 Å². The van der Waals surface area contributed by atoms with Gasteiger partial charge in [0.1, 0.15) is 0 Å². The highest BCUT2D eigenvalue weighted by atomic mass is 16.1. The van der Waals surface area contributed by atoms with Crippen LogP contribution < -0.4 is 11.1 Å². The van der Waals surface area contributed by atoms with Gasteiger partial charge in [-0.1, -0.05) is 18.2 Å². The first kappa shape index (κ1) is 8.26. The summed E-state index contributed by atoms with van der Waals surface area (Å²) in [4.78, 5) is 10.7. The summed E-state index contributed by atoms with van der Waals surface area (Å²) in [5, 5.41) is 3.25. The Hall–Kier alpha value is -1.35. The Morgan fingerprint density at radius 3 is 2.92 bits per heavy atom. The van der Waals surface area contributed by atoms with Crippen LogP contribution in [-0.4, -0.2) is 5.91 Å². The standard InChI is InChI=1S/C10H12N2O/c11-10(13)4-7-1-2-8-5-12-6-9(8)3-7/h1-3,12H,4-6H2,(H2,11,13). The number of fused-ring (bicyclic) bond motifs is 1. The maximum absolute atomic E-state index is 10.7. The Morgan fingerprint density at radius 2 is 2.15 bits per heavy atom. The first-order valence-electron chi connectivity index (χ1n) is 4.35. The summed E-state index contributed by atoms with van der Waals surface area (Å²) < 4.78 is 0. The SMILES string of the molecule is NC(=O)Cc1ccc2c(c1)CNC2. The lowest BCUT2D eigenvalue weighted by Crippen LogP contribution is -2.13. The number of amides is 1. The minimum atomic E-state index is -0.272. The van der Waals surface area contributed by atoms with Crippen LogP contribution in [0.5, 0.6) is 0 Å². The van der Waals surface area contributed by atoms with Gasteiger partial charge in [-0.05, 0) is 16.7 Å². The average molecular weight is 176 g/mol. The number of nitrogens with two attached hydrogens (primary N) is 1. The molecule has 13 heavy (non-hydrogen) atoms. The Kier molecular flexibility index (Phi) is 2.02. The van der Waals surface area contributed by atoms with Gasteiger partial charge in [0.2, 0.25) is 5.91 Å². The molecule has 1 aliphatic heterocycles. The van der Waals surface area contributed by atoms with Crippen LogP contribution in [0.25, 0.3) is 0 Å². The van der Waals surface area contributed by atoms with E-state index in [1.54, 1.807) is 0 Å². The molecule has 3 nitrogen and oxygen atoms in total. The van der Waals surface area contributed by atoms with E-state index < -0.39 is 0 Å². The van der Waals surface area contributed by atoms with Gasteiger partial charge in [-0.15, -0.1) is 0 Å². The van der Waals surface area contributed by atoms with Crippen molar-refractivity contribution < 1.29 is 4.79 Å². The van der Waals surface area contributed by atoms with Gasteiger partial charge in [0, 0.05) is 13.1 Å². The Labute approximate surface area is 76.9 Å². The van der Waals surface area contributed by atoms with Crippen molar-refractivity contribution in [1.82, 2.24) is 5.32 Å². The highest BCUT2D eigenvalue weighted by molar-refractivity contribution is 5.76. The largest absolute Gasteiger partial charge is 0.369 e. The second-order valence-electron chi connectivity index (χ2n) is 3.35. The normalized spacial score (nSPS) is 14.2. The molecule has 0 spiro atoms. The number of nitrogens with one attached hydrogen (secondary N) is 1. The van der Waals surface area contributed by atoms with E-state index in [-0.39, 0.29) is 5.91 Å². The number of rotatable bonds is 2. The van der Waals surface area contributed by atoms with Crippen LogP contribution in [0.2, 0.25) is 0 Å². The Bertz CT molecular complexity index is 347. The summed E-state index contributed by atoms with van der Waals surface area (Å²) >= 11 is 0. The maximum atomic E-state index is 10.7. The van der Waals surface area contributed by atoms with Crippen LogP contribution in [0.15, 0.2) is 18.2 Å². The van der Waals surface area contributed by atoms with E-state index in [4.69, 9.17) is 5.73 Å². The molecule has 0 saturated carbocycles. The summed E-state index contributed by atoms with van der Waals surface area (Å²) in [6.07, 6.45) is 0.341. The van der Waals surface area contributed by atoms with Crippen molar-refractivity contribution >= 4 is 5.91 Å². The molecule has 0 unspecified atom stereocenters. The molecule has 1 heterocycles. The average Bonchev–Trinajstić information content (AvgIpc) is 2.49. The number of carbonyl (C=O) groups is 1. The molecule has 3 heteroatoms. The van der Waals surface area contributed by atoms with E-state index in [1.807, 2.05) is 6.07 Å². The lowest BCUT2D eigenvalue weighted by atomic mass is 10.0. The van der Waals surface area contributed by atoms with Crippen LogP contribution in [0.4, 0.5) is 0 Å². The van der Waals surface area contributed by atoms with Crippen molar-refractivity contribution in [2.24, 2.45) is 5.73 Å². The molecule has 0 radical (unpaired) electrons. The molecule has 0 saturated heterocycles. The van der Waals surface area contributed by atoms with Crippen LogP contribution in [0.3, 0.4) is 0 Å². The number of carbonyl (C=O) groups excluding carboxylic acids is 1. The number of hydrogen-bond donors (Lipinski definition) is 2. The topological polar surface area (TPSA) is 55.1 Å². The fourth-order valence-corrected chi connectivity index (χ4v) is 1.66. The van der Waals surface area contributed by atoms with Crippen LogP contribution in [0, 0.1) is 0 Å². The molecular weight excluding hydrogens is 164 g/mol. The molecule has 0 bridgehead atoms. The molecule has 0 aromatic heterocycles. The van der Waals surface area contributed by atoms with Crippen molar-refractivity contribution in [2.45, 2.75) is 19.5 Å². The first-order chi connectivity index (χ1) is 6.25. The predicted molar refractivity (Wildman–Crippen MR) is 49.9 cm³/mol. The van der Waals surface area contributed by atoms with Crippen LogP contribution in [-0.2, 0) is 24.3 Å². The fourth-order valence-electron chi connectivity index (χ4n) is 1.66. The lowest BCUT2D eigenvalue weighted by molar-refractivity contribution is -0.117. The second-order valence-corrected chi connectivity index (χ2v) is 3.35. The van der Waals surface area contributed by atoms with E-state index in [1.165, 1.54) is 11.1 Å². The summed E-state index contributed by atoms with van der Waals surface area (Å²) in [7, 11) is 0. The molecule has 2 rings (SSSR count). The highest BCUT2D eigenvalue weighted by Crippen LogP contribution is 2.17. The van der Waals surface area contributed by atoms with Gasteiger partial charge in [-0.25, -0.2) is 0 Å². The summed E-state index contributed by atoms with van der Waals surface area (Å²) in [5.41, 5.74) is 8.74. The van der Waals surface area contributed by atoms with E-state index in [0.717, 1.165) is 18.7 Å². The third-order valence-electron chi connectivity index (χ3n) is 2.28. The quantitative estimate of drug-likeness (QED) is 0.681. The predicted octanol–water partition coefficient (Wildman–Crippen LogP) is 0.318. The maximum Gasteiger partial charge on any atom is 0.221 e. The van der Waals surface area contributed by atoms with Gasteiger partial charge in [0.15, 0.2) is 0 Å². The zero-order chi connectivity index (χ0) is 9.26. The summed E-state index contributed by atoms with van der Waals surface area (Å²) in [6.45, 7) is 1.84. The zero-order valence-electron chi connectivity index (χ0n) is 7.34. The van der Waals surface area contributed by atoms with E-state index in [9.17, 15) is 4.79 Å². The summed E-state index contributed by atoms with van der Waals surface area (Å²) in [5.74, 6) is -0.272. The lowest BCUT2D eigenvalue weighted by Gasteiger charge is -2.01. The number of hydrogen-bond acceptors (Lipinski definition) is 2. The van der Waals surface area contributed by atoms with Crippen molar-refractivity contribution in [2.75, 3.05) is 0 Å². The van der Waals surface area contributed by atoms with Crippen molar-refractivity contribution in [3.05, 3.63) is 34.9 Å². The third kappa shape index (κ3) is 1.70. The fraction of sp³-hybridized carbons (Fsp3) is 0.300. The van der Waals surface area contributed by atoms with Gasteiger partial charge in [-0.2, -0.15) is 0 Å². The zero-order valence-corrected chi connectivity index (χ0v) is 7.34. The van der Waals surface area contributed by atoms with E-state index in [2.05, 4.69) is 17.4 Å². The highest BCUT2D eigenvalue weighted by Gasteiger charge is 2.10. The molecule has 1 aromatic carbocycles. The minimum absolute atomic E-state index is 0.272.